The van der Waals surface area contributed by atoms with E-state index in [0.717, 1.165) is 51.3 Å². The smallest absolute Gasteiger partial charge is 0.255 e. The quantitative estimate of drug-likeness (QED) is 0.262. The molecule has 0 radical (unpaired) electrons. The summed E-state index contributed by atoms with van der Waals surface area (Å²) in [5, 5.41) is 4.03. The highest BCUT2D eigenvalue weighted by molar-refractivity contribution is 6.33. The molecule has 2 saturated heterocycles. The second-order valence-corrected chi connectivity index (χ2v) is 14.0. The van der Waals surface area contributed by atoms with Gasteiger partial charge in [0.05, 0.1) is 17.7 Å². The number of hydrogen-bond donors (Lipinski definition) is 0. The maximum absolute atomic E-state index is 14.5. The van der Waals surface area contributed by atoms with Crippen LogP contribution in [-0.2, 0) is 9.47 Å². The van der Waals surface area contributed by atoms with Gasteiger partial charge in [-0.1, -0.05) is 53.1 Å². The molecule has 1 unspecified atom stereocenters. The number of halogens is 4. The lowest BCUT2D eigenvalue weighted by molar-refractivity contribution is -0.210. The fourth-order valence-electron chi connectivity index (χ4n) is 6.85. The number of nitrogens with zero attached hydrogens (tertiary/aromatic N) is 6. The molecule has 0 bridgehead atoms. The molecule has 1 aliphatic carbocycles. The summed E-state index contributed by atoms with van der Waals surface area (Å²) in [5.74, 6) is -1.35. The Morgan fingerprint density at radius 3 is 2.20 bits per heavy atom. The van der Waals surface area contributed by atoms with Gasteiger partial charge in [-0.25, -0.2) is 13.2 Å². The van der Waals surface area contributed by atoms with Gasteiger partial charge in [0.25, 0.3) is 5.78 Å². The summed E-state index contributed by atoms with van der Waals surface area (Å²) in [5.41, 5.74) is 0.0440. The van der Waals surface area contributed by atoms with Crippen molar-refractivity contribution in [2.45, 2.75) is 92.1 Å². The molecule has 8 nitrogen and oxygen atoms in total. The first-order valence-corrected chi connectivity index (χ1v) is 16.6. The molecule has 248 valence electrons. The van der Waals surface area contributed by atoms with Crippen LogP contribution in [0.3, 0.4) is 0 Å². The molecular formula is C33H46ClF3N6O2. The number of anilines is 1. The van der Waals surface area contributed by atoms with E-state index in [2.05, 4.69) is 61.5 Å². The van der Waals surface area contributed by atoms with E-state index >= 15 is 0 Å². The second-order valence-electron chi connectivity index (χ2n) is 13.6. The minimum atomic E-state index is -1.04. The number of rotatable bonds is 5. The number of aromatic nitrogens is 4. The molecule has 1 atom stereocenters. The minimum absolute atomic E-state index is 0.0502. The van der Waals surface area contributed by atoms with E-state index in [9.17, 15) is 13.2 Å². The summed E-state index contributed by atoms with van der Waals surface area (Å²) in [6, 6.07) is 1.25. The minimum Gasteiger partial charge on any atom is -0.356 e. The van der Waals surface area contributed by atoms with Crippen LogP contribution >= 0.6 is 11.6 Å². The van der Waals surface area contributed by atoms with Crippen molar-refractivity contribution in [3.8, 4) is 11.1 Å². The van der Waals surface area contributed by atoms with E-state index in [-0.39, 0.29) is 28.5 Å². The number of ether oxygens (including phenoxy) is 2. The standard InChI is InChI=1S/C17H15ClF3N5.C16H31NO2/c1-9-2-4-25(5-3-9)16-14(13-11(20)6-10(19)7-12(13)21)15(18)24-17-22-8-23-26(16)17;1-6-17(7-2)14-12-18-16(19-14)10-8-13(9-11-16)15(3,4)5/h6-9H,2-5H2,1H3;13-14H,6-12H2,1-5H3. The van der Waals surface area contributed by atoms with E-state index in [0.29, 0.717) is 42.4 Å². The number of piperidine rings is 1. The molecule has 0 N–H and O–H groups in total. The molecule has 3 fully saturated rings. The van der Waals surface area contributed by atoms with Gasteiger partial charge >= 0.3 is 0 Å². The van der Waals surface area contributed by atoms with Crippen LogP contribution in [0.5, 0.6) is 0 Å². The largest absolute Gasteiger partial charge is 0.356 e. The third-order valence-electron chi connectivity index (χ3n) is 9.73. The highest BCUT2D eigenvalue weighted by Gasteiger charge is 2.46. The Morgan fingerprint density at radius 1 is 1.00 bits per heavy atom. The van der Waals surface area contributed by atoms with Crippen molar-refractivity contribution >= 4 is 23.2 Å². The van der Waals surface area contributed by atoms with E-state index in [1.54, 1.807) is 0 Å². The lowest BCUT2D eigenvalue weighted by Crippen LogP contribution is -2.42. The lowest BCUT2D eigenvalue weighted by atomic mass is 9.71. The highest BCUT2D eigenvalue weighted by atomic mass is 35.5. The van der Waals surface area contributed by atoms with Gasteiger partial charge in [-0.2, -0.15) is 19.6 Å². The Labute approximate surface area is 269 Å². The topological polar surface area (TPSA) is 68.0 Å². The van der Waals surface area contributed by atoms with Crippen LogP contribution in [0, 0.1) is 34.7 Å². The van der Waals surface area contributed by atoms with Crippen molar-refractivity contribution < 1.29 is 22.6 Å². The van der Waals surface area contributed by atoms with Crippen LogP contribution < -0.4 is 4.90 Å². The van der Waals surface area contributed by atoms with Crippen molar-refractivity contribution in [2.24, 2.45) is 17.3 Å². The SMILES string of the molecule is CC1CCN(c2c(-c3c(F)cc(F)cc3F)c(Cl)nc3ncnn23)CC1.CCN(CC)C1COC2(CCC(C(C)(C)C)CC2)O1. The number of likely N-dealkylation sites (N-methyl/N-ethyl adjacent to an activating group) is 1. The van der Waals surface area contributed by atoms with Crippen LogP contribution in [0.15, 0.2) is 18.5 Å². The zero-order valence-corrected chi connectivity index (χ0v) is 28.0. The summed E-state index contributed by atoms with van der Waals surface area (Å²) >= 11 is 6.29. The highest BCUT2D eigenvalue weighted by Crippen LogP contribution is 2.46. The van der Waals surface area contributed by atoms with E-state index in [1.165, 1.54) is 23.7 Å². The third kappa shape index (κ3) is 7.26. The molecule has 6 rings (SSSR count). The number of hydrogen-bond acceptors (Lipinski definition) is 7. The van der Waals surface area contributed by atoms with Crippen molar-refractivity contribution in [1.82, 2.24) is 24.5 Å². The van der Waals surface area contributed by atoms with Gasteiger partial charge in [-0.05, 0) is 56.0 Å². The third-order valence-corrected chi connectivity index (χ3v) is 10.0. The summed E-state index contributed by atoms with van der Waals surface area (Å²) in [7, 11) is 0. The number of fused-ring (bicyclic) bond motifs is 1. The molecule has 2 aromatic heterocycles. The van der Waals surface area contributed by atoms with Gasteiger partial charge in [0.2, 0.25) is 0 Å². The fourth-order valence-corrected chi connectivity index (χ4v) is 7.10. The van der Waals surface area contributed by atoms with Crippen LogP contribution in [0.1, 0.15) is 80.1 Å². The Hall–Kier alpha value is -2.47. The summed E-state index contributed by atoms with van der Waals surface area (Å²) < 4.78 is 56.1. The van der Waals surface area contributed by atoms with Crippen LogP contribution in [0.25, 0.3) is 16.9 Å². The maximum Gasteiger partial charge on any atom is 0.255 e. The molecule has 2 aliphatic heterocycles. The Bertz CT molecular complexity index is 1440. The molecule has 1 saturated carbocycles. The van der Waals surface area contributed by atoms with Gasteiger partial charge < -0.3 is 14.4 Å². The molecule has 12 heteroatoms. The molecule has 45 heavy (non-hydrogen) atoms. The van der Waals surface area contributed by atoms with Gasteiger partial charge in [-0.15, -0.1) is 0 Å². The summed E-state index contributed by atoms with van der Waals surface area (Å²) in [6.07, 6.45) is 7.90. The first-order chi connectivity index (χ1) is 21.4. The predicted molar refractivity (Wildman–Crippen MR) is 170 cm³/mol. The first kappa shape index (κ1) is 33.9. The Morgan fingerprint density at radius 2 is 1.62 bits per heavy atom. The Kier molecular flexibility index (Phi) is 10.3. The monoisotopic (exact) mass is 650 g/mol. The van der Waals surface area contributed by atoms with Crippen molar-refractivity contribution in [2.75, 3.05) is 37.7 Å². The molecule has 0 amide bonds. The Balaban J connectivity index is 0.000000187. The number of benzene rings is 1. The average Bonchev–Trinajstić information content (AvgIpc) is 3.61. The molecule has 1 spiro atoms. The average molecular weight is 651 g/mol. The van der Waals surface area contributed by atoms with Crippen LogP contribution in [0.2, 0.25) is 5.15 Å². The summed E-state index contributed by atoms with van der Waals surface area (Å²) in [4.78, 5) is 12.4. The van der Waals surface area contributed by atoms with Gasteiger partial charge in [0, 0.05) is 38.1 Å². The van der Waals surface area contributed by atoms with Gasteiger partial charge in [-0.3, -0.25) is 4.90 Å². The predicted octanol–water partition coefficient (Wildman–Crippen LogP) is 7.73. The van der Waals surface area contributed by atoms with E-state index < -0.39 is 23.0 Å². The molecule has 3 aromatic rings. The molecule has 4 heterocycles. The van der Waals surface area contributed by atoms with Gasteiger partial charge in [0.15, 0.2) is 5.79 Å². The van der Waals surface area contributed by atoms with Crippen molar-refractivity contribution in [3.05, 3.63) is 41.1 Å². The normalized spacial score (nSPS) is 24.5. The zero-order valence-electron chi connectivity index (χ0n) is 27.3. The van der Waals surface area contributed by atoms with E-state index in [4.69, 9.17) is 21.1 Å². The van der Waals surface area contributed by atoms with Gasteiger partial charge in [0.1, 0.15) is 41.0 Å². The molecule has 3 aliphatic rings. The molecular weight excluding hydrogens is 605 g/mol. The summed E-state index contributed by atoms with van der Waals surface area (Å²) in [6.45, 7) is 17.7. The zero-order chi connectivity index (χ0) is 32.5. The fraction of sp³-hybridized carbons (Fsp3) is 0.667. The van der Waals surface area contributed by atoms with Crippen LogP contribution in [-0.4, -0.2) is 69.3 Å². The van der Waals surface area contributed by atoms with Crippen molar-refractivity contribution in [1.29, 1.82) is 0 Å². The van der Waals surface area contributed by atoms with Crippen LogP contribution in [0.4, 0.5) is 19.0 Å². The molecule has 1 aromatic carbocycles. The second kappa shape index (κ2) is 13.7. The van der Waals surface area contributed by atoms with Crippen molar-refractivity contribution in [3.63, 3.8) is 0 Å². The maximum atomic E-state index is 14.5. The first-order valence-electron chi connectivity index (χ1n) is 16.2. The lowest BCUT2D eigenvalue weighted by Gasteiger charge is -2.41. The van der Waals surface area contributed by atoms with E-state index in [1.807, 2.05) is 4.90 Å².